The summed E-state index contributed by atoms with van der Waals surface area (Å²) in [6.45, 7) is 2.15. The van der Waals surface area contributed by atoms with Crippen molar-refractivity contribution in [3.05, 3.63) is 55.7 Å². The van der Waals surface area contributed by atoms with E-state index in [4.69, 9.17) is 28.9 Å². The Morgan fingerprint density at radius 1 is 1.22 bits per heavy atom. The highest BCUT2D eigenvalue weighted by Gasteiger charge is 2.14. The SMILES string of the molecule is CCc1ccsc1C(N)Cc1ccc(Cl)cc1Cl. The highest BCUT2D eigenvalue weighted by atomic mass is 35.5. The maximum absolute atomic E-state index is 6.27. The molecule has 2 aromatic rings. The Morgan fingerprint density at radius 2 is 2.00 bits per heavy atom. The third-order valence-electron chi connectivity index (χ3n) is 2.95. The van der Waals surface area contributed by atoms with Crippen molar-refractivity contribution in [2.75, 3.05) is 0 Å². The van der Waals surface area contributed by atoms with Crippen molar-refractivity contribution in [2.24, 2.45) is 5.73 Å². The molecule has 1 aromatic carbocycles. The largest absolute Gasteiger partial charge is 0.323 e. The van der Waals surface area contributed by atoms with E-state index < -0.39 is 0 Å². The molecular weight excluding hydrogens is 285 g/mol. The lowest BCUT2D eigenvalue weighted by molar-refractivity contribution is 0.728. The molecule has 0 aliphatic heterocycles. The Balaban J connectivity index is 2.18. The lowest BCUT2D eigenvalue weighted by Crippen LogP contribution is -2.13. The van der Waals surface area contributed by atoms with Crippen LogP contribution in [0.1, 0.15) is 29.0 Å². The predicted octanol–water partition coefficient (Wildman–Crippen LogP) is 4.86. The Morgan fingerprint density at radius 3 is 2.67 bits per heavy atom. The normalized spacial score (nSPS) is 12.7. The van der Waals surface area contributed by atoms with Gasteiger partial charge in [0, 0.05) is 21.0 Å². The number of nitrogens with two attached hydrogens (primary N) is 1. The summed E-state index contributed by atoms with van der Waals surface area (Å²) in [4.78, 5) is 1.25. The van der Waals surface area contributed by atoms with Crippen LogP contribution in [-0.2, 0) is 12.8 Å². The number of rotatable bonds is 4. The summed E-state index contributed by atoms with van der Waals surface area (Å²) in [6.07, 6.45) is 1.75. The van der Waals surface area contributed by atoms with Crippen LogP contribution in [0.2, 0.25) is 10.0 Å². The summed E-state index contributed by atoms with van der Waals surface area (Å²) in [5.74, 6) is 0. The first-order valence-corrected chi connectivity index (χ1v) is 7.51. The Labute approximate surface area is 122 Å². The number of hydrogen-bond acceptors (Lipinski definition) is 2. The first-order chi connectivity index (χ1) is 8.61. The maximum Gasteiger partial charge on any atom is 0.0453 e. The molecule has 0 aliphatic rings. The van der Waals surface area contributed by atoms with Crippen LogP contribution >= 0.6 is 34.5 Å². The fourth-order valence-corrected chi connectivity index (χ4v) is 3.47. The molecular formula is C14H15Cl2NS. The highest BCUT2D eigenvalue weighted by molar-refractivity contribution is 7.10. The van der Waals surface area contributed by atoms with Gasteiger partial charge in [0.1, 0.15) is 0 Å². The van der Waals surface area contributed by atoms with E-state index >= 15 is 0 Å². The number of hydrogen-bond donors (Lipinski definition) is 1. The summed E-state index contributed by atoms with van der Waals surface area (Å²) in [5.41, 5.74) is 8.65. The van der Waals surface area contributed by atoms with Crippen molar-refractivity contribution in [2.45, 2.75) is 25.8 Å². The first kappa shape index (κ1) is 13.9. The van der Waals surface area contributed by atoms with E-state index in [0.29, 0.717) is 10.0 Å². The van der Waals surface area contributed by atoms with Crippen molar-refractivity contribution < 1.29 is 0 Å². The van der Waals surface area contributed by atoms with E-state index in [9.17, 15) is 0 Å². The molecule has 2 N–H and O–H groups in total. The Kier molecular flexibility index (Phi) is 4.68. The molecule has 0 saturated heterocycles. The van der Waals surface area contributed by atoms with Gasteiger partial charge in [0.05, 0.1) is 0 Å². The van der Waals surface area contributed by atoms with E-state index in [-0.39, 0.29) is 6.04 Å². The van der Waals surface area contributed by atoms with Gasteiger partial charge < -0.3 is 5.73 Å². The van der Waals surface area contributed by atoms with Crippen LogP contribution < -0.4 is 5.73 Å². The number of thiophene rings is 1. The smallest absolute Gasteiger partial charge is 0.0453 e. The molecule has 0 spiro atoms. The van der Waals surface area contributed by atoms with Gasteiger partial charge >= 0.3 is 0 Å². The molecule has 18 heavy (non-hydrogen) atoms. The molecule has 96 valence electrons. The van der Waals surface area contributed by atoms with Gasteiger partial charge in [-0.05, 0) is 47.5 Å². The molecule has 0 fully saturated rings. The standard InChI is InChI=1S/C14H15Cl2NS/c1-2-9-5-6-18-14(9)13(17)7-10-3-4-11(15)8-12(10)16/h3-6,8,13H,2,7,17H2,1H3. The van der Waals surface area contributed by atoms with Gasteiger partial charge in [0.25, 0.3) is 0 Å². The maximum atomic E-state index is 6.27. The van der Waals surface area contributed by atoms with Gasteiger partial charge in [-0.1, -0.05) is 36.2 Å². The molecule has 1 atom stereocenters. The number of halogens is 2. The second kappa shape index (κ2) is 6.07. The average Bonchev–Trinajstić information content (AvgIpc) is 2.81. The minimum absolute atomic E-state index is 0.00127. The van der Waals surface area contributed by atoms with E-state index in [2.05, 4.69) is 18.4 Å². The van der Waals surface area contributed by atoms with Crippen molar-refractivity contribution >= 4 is 34.5 Å². The minimum Gasteiger partial charge on any atom is -0.323 e. The molecule has 2 rings (SSSR count). The van der Waals surface area contributed by atoms with E-state index in [1.165, 1.54) is 10.4 Å². The van der Waals surface area contributed by atoms with Gasteiger partial charge in [-0.2, -0.15) is 0 Å². The molecule has 0 aliphatic carbocycles. The Hall–Kier alpha value is -0.540. The Bertz CT molecular complexity index is 536. The molecule has 0 bridgehead atoms. The van der Waals surface area contributed by atoms with Gasteiger partial charge in [0.15, 0.2) is 0 Å². The first-order valence-electron chi connectivity index (χ1n) is 5.87. The van der Waals surface area contributed by atoms with Crippen LogP contribution in [0.3, 0.4) is 0 Å². The zero-order valence-electron chi connectivity index (χ0n) is 10.1. The predicted molar refractivity (Wildman–Crippen MR) is 80.8 cm³/mol. The van der Waals surface area contributed by atoms with Crippen LogP contribution in [0.4, 0.5) is 0 Å². The molecule has 0 saturated carbocycles. The summed E-state index contributed by atoms with van der Waals surface area (Å²) in [5, 5.41) is 3.44. The fourth-order valence-electron chi connectivity index (χ4n) is 1.98. The molecule has 1 nitrogen and oxygen atoms in total. The molecule has 0 radical (unpaired) electrons. The summed E-state index contributed by atoms with van der Waals surface area (Å²) < 4.78 is 0. The molecule has 1 heterocycles. The van der Waals surface area contributed by atoms with Crippen molar-refractivity contribution in [3.63, 3.8) is 0 Å². The highest BCUT2D eigenvalue weighted by Crippen LogP contribution is 2.29. The lowest BCUT2D eigenvalue weighted by Gasteiger charge is -2.13. The van der Waals surface area contributed by atoms with E-state index in [0.717, 1.165) is 18.4 Å². The zero-order chi connectivity index (χ0) is 13.1. The quantitative estimate of drug-likeness (QED) is 0.857. The topological polar surface area (TPSA) is 26.0 Å². The summed E-state index contributed by atoms with van der Waals surface area (Å²) >= 11 is 13.8. The van der Waals surface area contributed by atoms with Gasteiger partial charge in [-0.25, -0.2) is 0 Å². The lowest BCUT2D eigenvalue weighted by atomic mass is 10.0. The van der Waals surface area contributed by atoms with Crippen LogP contribution in [0, 0.1) is 0 Å². The molecule has 4 heteroatoms. The zero-order valence-corrected chi connectivity index (χ0v) is 12.4. The van der Waals surface area contributed by atoms with Gasteiger partial charge in [-0.3, -0.25) is 0 Å². The third kappa shape index (κ3) is 3.07. The minimum atomic E-state index is -0.00127. The van der Waals surface area contributed by atoms with Gasteiger partial charge in [-0.15, -0.1) is 11.3 Å². The van der Waals surface area contributed by atoms with Crippen LogP contribution in [0.15, 0.2) is 29.6 Å². The monoisotopic (exact) mass is 299 g/mol. The second-order valence-corrected chi connectivity index (χ2v) is 6.00. The van der Waals surface area contributed by atoms with E-state index in [1.807, 2.05) is 12.1 Å². The number of benzene rings is 1. The molecule has 0 amide bonds. The van der Waals surface area contributed by atoms with E-state index in [1.54, 1.807) is 17.4 Å². The fraction of sp³-hybridized carbons (Fsp3) is 0.286. The van der Waals surface area contributed by atoms with Crippen LogP contribution in [-0.4, -0.2) is 0 Å². The third-order valence-corrected chi connectivity index (χ3v) is 4.63. The number of aryl methyl sites for hydroxylation is 1. The summed E-state index contributed by atoms with van der Waals surface area (Å²) in [6, 6.07) is 7.71. The molecule has 1 unspecified atom stereocenters. The van der Waals surface area contributed by atoms with Crippen LogP contribution in [0.25, 0.3) is 0 Å². The molecule has 1 aromatic heterocycles. The van der Waals surface area contributed by atoms with Crippen molar-refractivity contribution in [3.8, 4) is 0 Å². The summed E-state index contributed by atoms with van der Waals surface area (Å²) in [7, 11) is 0. The van der Waals surface area contributed by atoms with Gasteiger partial charge in [0.2, 0.25) is 0 Å². The second-order valence-electron chi connectivity index (χ2n) is 4.21. The average molecular weight is 300 g/mol. The van der Waals surface area contributed by atoms with Crippen molar-refractivity contribution in [1.29, 1.82) is 0 Å². The van der Waals surface area contributed by atoms with Crippen molar-refractivity contribution in [1.82, 2.24) is 0 Å². The van der Waals surface area contributed by atoms with Crippen LogP contribution in [0.5, 0.6) is 0 Å².